The molecule has 1 N–H and O–H groups in total. The Bertz CT molecular complexity index is 622. The van der Waals surface area contributed by atoms with Gasteiger partial charge in [-0.05, 0) is 17.7 Å². The normalized spacial score (nSPS) is 14.8. The summed E-state index contributed by atoms with van der Waals surface area (Å²) in [5.41, 5.74) is 0.964. The number of esters is 2. The van der Waals surface area contributed by atoms with Crippen LogP contribution in [0.15, 0.2) is 34.1 Å². The van der Waals surface area contributed by atoms with Crippen LogP contribution in [-0.4, -0.2) is 37.2 Å². The SMILES string of the molecule is COC(=O)C1=C(C(=O)OC)SC(c2ccc(C(=O)O)cc2)S1. The van der Waals surface area contributed by atoms with Crippen molar-refractivity contribution >= 4 is 41.4 Å². The van der Waals surface area contributed by atoms with Crippen LogP contribution in [0.4, 0.5) is 0 Å². The molecule has 0 saturated heterocycles. The summed E-state index contributed by atoms with van der Waals surface area (Å²) in [6.07, 6.45) is 0. The van der Waals surface area contributed by atoms with Crippen LogP contribution in [0.1, 0.15) is 20.5 Å². The topological polar surface area (TPSA) is 89.9 Å². The van der Waals surface area contributed by atoms with E-state index >= 15 is 0 Å². The molecule has 22 heavy (non-hydrogen) atoms. The van der Waals surface area contributed by atoms with E-state index in [4.69, 9.17) is 5.11 Å². The highest BCUT2D eigenvalue weighted by Crippen LogP contribution is 2.55. The molecule has 8 heteroatoms. The van der Waals surface area contributed by atoms with Crippen molar-refractivity contribution in [3.63, 3.8) is 0 Å². The van der Waals surface area contributed by atoms with Gasteiger partial charge in [0.25, 0.3) is 0 Å². The summed E-state index contributed by atoms with van der Waals surface area (Å²) in [4.78, 5) is 34.8. The Morgan fingerprint density at radius 2 is 1.41 bits per heavy atom. The second-order valence-corrected chi connectivity index (χ2v) is 6.67. The number of thioether (sulfide) groups is 2. The Morgan fingerprint density at radius 3 is 1.77 bits per heavy atom. The molecular weight excluding hydrogens is 328 g/mol. The van der Waals surface area contributed by atoms with Gasteiger partial charge in [0, 0.05) is 0 Å². The third kappa shape index (κ3) is 3.28. The van der Waals surface area contributed by atoms with Crippen molar-refractivity contribution in [2.24, 2.45) is 0 Å². The quantitative estimate of drug-likeness (QED) is 0.836. The number of hydrogen-bond donors (Lipinski definition) is 1. The molecule has 0 fully saturated rings. The summed E-state index contributed by atoms with van der Waals surface area (Å²) in [6.45, 7) is 0. The molecule has 0 spiro atoms. The van der Waals surface area contributed by atoms with Gasteiger partial charge in [0.1, 0.15) is 9.81 Å². The highest BCUT2D eigenvalue weighted by molar-refractivity contribution is 8.23. The smallest absolute Gasteiger partial charge is 0.345 e. The summed E-state index contributed by atoms with van der Waals surface area (Å²) in [5.74, 6) is -2.20. The number of carboxylic acids is 1. The molecule has 116 valence electrons. The van der Waals surface area contributed by atoms with E-state index < -0.39 is 17.9 Å². The van der Waals surface area contributed by atoms with Crippen LogP contribution in [0.5, 0.6) is 0 Å². The summed E-state index contributed by atoms with van der Waals surface area (Å²) in [6, 6.07) is 6.27. The molecule has 0 radical (unpaired) electrons. The molecule has 1 heterocycles. The lowest BCUT2D eigenvalue weighted by Gasteiger charge is -2.09. The fourth-order valence-corrected chi connectivity index (χ4v) is 4.54. The fraction of sp³-hybridized carbons (Fsp3) is 0.214. The van der Waals surface area contributed by atoms with Crippen LogP contribution in [-0.2, 0) is 19.1 Å². The van der Waals surface area contributed by atoms with Gasteiger partial charge in [0.2, 0.25) is 0 Å². The molecule has 0 atom stereocenters. The molecule has 1 aromatic carbocycles. The first-order valence-corrected chi connectivity index (χ1v) is 7.81. The Balaban J connectivity index is 2.25. The summed E-state index contributed by atoms with van der Waals surface area (Å²) in [7, 11) is 2.48. The van der Waals surface area contributed by atoms with Gasteiger partial charge >= 0.3 is 17.9 Å². The van der Waals surface area contributed by atoms with E-state index in [9.17, 15) is 14.4 Å². The van der Waals surface area contributed by atoms with Crippen LogP contribution in [0, 0.1) is 0 Å². The number of aromatic carboxylic acids is 1. The zero-order chi connectivity index (χ0) is 16.3. The number of carbonyl (C=O) groups excluding carboxylic acids is 2. The fourth-order valence-electron chi connectivity index (χ4n) is 1.73. The number of carboxylic acid groups (broad SMARTS) is 1. The molecular formula is C14H12O6S2. The van der Waals surface area contributed by atoms with E-state index in [0.29, 0.717) is 0 Å². The number of benzene rings is 1. The Morgan fingerprint density at radius 1 is 0.955 bits per heavy atom. The Kier molecular flexibility index (Phi) is 5.15. The van der Waals surface area contributed by atoms with Gasteiger partial charge in [0.15, 0.2) is 0 Å². The highest BCUT2D eigenvalue weighted by Gasteiger charge is 2.36. The van der Waals surface area contributed by atoms with Crippen molar-refractivity contribution in [1.82, 2.24) is 0 Å². The minimum atomic E-state index is -1.01. The van der Waals surface area contributed by atoms with Crippen LogP contribution < -0.4 is 0 Å². The predicted octanol–water partition coefficient (Wildman–Crippen LogP) is 2.42. The number of carbonyl (C=O) groups is 3. The lowest BCUT2D eigenvalue weighted by molar-refractivity contribution is -0.138. The third-order valence-electron chi connectivity index (χ3n) is 2.83. The molecule has 0 unspecified atom stereocenters. The number of methoxy groups -OCH3 is 2. The largest absolute Gasteiger partial charge is 0.478 e. The van der Waals surface area contributed by atoms with E-state index in [1.54, 1.807) is 12.1 Å². The average Bonchev–Trinajstić information content (AvgIpc) is 2.98. The Labute approximate surface area is 134 Å². The lowest BCUT2D eigenvalue weighted by Crippen LogP contribution is -2.08. The second kappa shape index (κ2) is 6.89. The van der Waals surface area contributed by atoms with Crippen molar-refractivity contribution < 1.29 is 29.0 Å². The first-order valence-electron chi connectivity index (χ1n) is 6.05. The summed E-state index contributed by atoms with van der Waals surface area (Å²) in [5, 5.41) is 8.89. The first-order chi connectivity index (χ1) is 10.5. The maximum Gasteiger partial charge on any atom is 0.345 e. The number of rotatable bonds is 4. The van der Waals surface area contributed by atoms with Gasteiger partial charge < -0.3 is 14.6 Å². The minimum Gasteiger partial charge on any atom is -0.478 e. The van der Waals surface area contributed by atoms with Crippen LogP contribution in [0.2, 0.25) is 0 Å². The van der Waals surface area contributed by atoms with Gasteiger partial charge in [0.05, 0.1) is 24.4 Å². The first kappa shape index (κ1) is 16.4. The summed E-state index contributed by atoms with van der Waals surface area (Å²) >= 11 is 2.36. The molecule has 1 aliphatic heterocycles. The van der Waals surface area contributed by atoms with E-state index in [2.05, 4.69) is 9.47 Å². The molecule has 0 bridgehead atoms. The molecule has 1 aliphatic rings. The minimum absolute atomic E-state index is 0.172. The maximum atomic E-state index is 11.8. The van der Waals surface area contributed by atoms with Crippen LogP contribution in [0.3, 0.4) is 0 Å². The van der Waals surface area contributed by atoms with E-state index in [0.717, 1.165) is 5.56 Å². The standard InChI is InChI=1S/C14H12O6S2/c1-19-12(17)9-10(13(18)20-2)22-14(21-9)8-5-3-7(4-6-8)11(15)16/h3-6,14H,1-2H3,(H,15,16). The van der Waals surface area contributed by atoms with Gasteiger partial charge in [-0.3, -0.25) is 0 Å². The molecule has 0 aliphatic carbocycles. The van der Waals surface area contributed by atoms with Crippen LogP contribution >= 0.6 is 23.5 Å². The average molecular weight is 340 g/mol. The number of hydrogen-bond acceptors (Lipinski definition) is 7. The van der Waals surface area contributed by atoms with Gasteiger partial charge in [-0.15, -0.1) is 0 Å². The molecule has 0 amide bonds. The second-order valence-electron chi connectivity index (χ2n) is 4.14. The van der Waals surface area contributed by atoms with Gasteiger partial charge in [-0.25, -0.2) is 14.4 Å². The van der Waals surface area contributed by atoms with Crippen molar-refractivity contribution in [3.05, 3.63) is 45.2 Å². The summed E-state index contributed by atoms with van der Waals surface area (Å²) < 4.78 is 9.11. The zero-order valence-corrected chi connectivity index (χ0v) is 13.3. The maximum absolute atomic E-state index is 11.8. The van der Waals surface area contributed by atoms with Crippen molar-refractivity contribution in [1.29, 1.82) is 0 Å². The monoisotopic (exact) mass is 340 g/mol. The molecule has 2 rings (SSSR count). The highest BCUT2D eigenvalue weighted by atomic mass is 32.2. The molecule has 6 nitrogen and oxygen atoms in total. The van der Waals surface area contributed by atoms with Gasteiger partial charge in [-0.2, -0.15) is 0 Å². The van der Waals surface area contributed by atoms with Crippen molar-refractivity contribution in [3.8, 4) is 0 Å². The van der Waals surface area contributed by atoms with E-state index in [1.165, 1.54) is 49.9 Å². The molecule has 1 aromatic rings. The molecule has 0 saturated carbocycles. The molecule has 0 aromatic heterocycles. The number of ether oxygens (including phenoxy) is 2. The Hall–Kier alpha value is -1.93. The lowest BCUT2D eigenvalue weighted by atomic mass is 10.1. The van der Waals surface area contributed by atoms with Gasteiger partial charge in [-0.1, -0.05) is 35.7 Å². The van der Waals surface area contributed by atoms with Crippen LogP contribution in [0.25, 0.3) is 0 Å². The van der Waals surface area contributed by atoms with Crippen molar-refractivity contribution in [2.45, 2.75) is 4.58 Å². The predicted molar refractivity (Wildman–Crippen MR) is 82.4 cm³/mol. The van der Waals surface area contributed by atoms with E-state index in [1.807, 2.05) is 0 Å². The third-order valence-corrected chi connectivity index (χ3v) is 5.72. The van der Waals surface area contributed by atoms with Crippen molar-refractivity contribution in [2.75, 3.05) is 14.2 Å². The zero-order valence-electron chi connectivity index (χ0n) is 11.7. The van der Waals surface area contributed by atoms with E-state index in [-0.39, 0.29) is 20.0 Å².